The van der Waals surface area contributed by atoms with Crippen LogP contribution >= 0.6 is 0 Å². The first kappa shape index (κ1) is 21.1. The number of nitrogens with zero attached hydrogens (tertiary/aromatic N) is 2. The molecule has 2 aromatic carbocycles. The lowest BCUT2D eigenvalue weighted by atomic mass is 9.96. The highest BCUT2D eigenvalue weighted by Gasteiger charge is 2.20. The number of fused-ring (bicyclic) bond motifs is 1. The highest BCUT2D eigenvalue weighted by molar-refractivity contribution is 5.81. The highest BCUT2D eigenvalue weighted by atomic mass is 16.2. The Hall–Kier alpha value is -2.62. The van der Waals surface area contributed by atoms with Crippen molar-refractivity contribution in [1.29, 1.82) is 0 Å². The van der Waals surface area contributed by atoms with E-state index in [1.807, 2.05) is 20.8 Å². The van der Waals surface area contributed by atoms with Gasteiger partial charge in [-0.1, -0.05) is 69.7 Å². The van der Waals surface area contributed by atoms with Gasteiger partial charge in [0.1, 0.15) is 5.82 Å². The van der Waals surface area contributed by atoms with Crippen LogP contribution in [0.1, 0.15) is 64.4 Å². The van der Waals surface area contributed by atoms with Gasteiger partial charge in [-0.25, -0.2) is 4.98 Å². The molecule has 1 unspecified atom stereocenters. The summed E-state index contributed by atoms with van der Waals surface area (Å²) < 4.78 is 2.38. The summed E-state index contributed by atoms with van der Waals surface area (Å²) in [6.45, 7) is 8.82. The molecule has 1 heterocycles. The van der Waals surface area contributed by atoms with Gasteiger partial charge in [0, 0.05) is 18.4 Å². The third kappa shape index (κ3) is 5.26. The Morgan fingerprint density at radius 3 is 2.41 bits per heavy atom. The first-order chi connectivity index (χ1) is 13.9. The van der Waals surface area contributed by atoms with E-state index in [0.29, 0.717) is 0 Å². The molecule has 0 aliphatic heterocycles. The van der Waals surface area contributed by atoms with Gasteiger partial charge < -0.3 is 9.88 Å². The van der Waals surface area contributed by atoms with Crippen molar-refractivity contribution in [2.24, 2.45) is 5.41 Å². The zero-order valence-corrected chi connectivity index (χ0v) is 18.1. The minimum Gasteiger partial charge on any atom is -0.356 e. The van der Waals surface area contributed by atoms with Crippen molar-refractivity contribution in [3.63, 3.8) is 0 Å². The standard InChI is InChI=1S/C25H33N3O/c1-19(20-13-7-5-8-14-20)28-22-16-11-10-15-21(22)27-23(28)17-9-6-12-18-26-24(29)25(2,3)4/h5,7-8,10-11,13-16,19H,6,9,12,17-18H2,1-4H3,(H,26,29). The second kappa shape index (κ2) is 9.25. The Morgan fingerprint density at radius 2 is 1.69 bits per heavy atom. The maximum atomic E-state index is 11.9. The summed E-state index contributed by atoms with van der Waals surface area (Å²) in [7, 11) is 0. The normalized spacial score (nSPS) is 12.8. The van der Waals surface area contributed by atoms with Gasteiger partial charge in [-0.15, -0.1) is 0 Å². The van der Waals surface area contributed by atoms with Crippen LogP contribution in [0.5, 0.6) is 0 Å². The molecule has 1 aromatic heterocycles. The molecule has 0 aliphatic carbocycles. The fourth-order valence-corrected chi connectivity index (χ4v) is 3.64. The van der Waals surface area contributed by atoms with E-state index in [4.69, 9.17) is 4.98 Å². The third-order valence-electron chi connectivity index (χ3n) is 5.38. The van der Waals surface area contributed by atoms with Gasteiger partial charge in [0.2, 0.25) is 5.91 Å². The van der Waals surface area contributed by atoms with E-state index in [0.717, 1.165) is 43.6 Å². The number of nitrogens with one attached hydrogen (secondary N) is 1. The molecule has 1 amide bonds. The van der Waals surface area contributed by atoms with Crippen LogP contribution in [0.4, 0.5) is 0 Å². The Kier molecular flexibility index (Phi) is 6.73. The molecule has 4 heteroatoms. The molecule has 0 saturated carbocycles. The average molecular weight is 392 g/mol. The second-order valence-electron chi connectivity index (χ2n) is 8.79. The van der Waals surface area contributed by atoms with Crippen LogP contribution in [-0.4, -0.2) is 22.0 Å². The van der Waals surface area contributed by atoms with E-state index in [-0.39, 0.29) is 17.4 Å². The smallest absolute Gasteiger partial charge is 0.225 e. The number of amides is 1. The number of carbonyl (C=O) groups is 1. The Morgan fingerprint density at radius 1 is 1.00 bits per heavy atom. The largest absolute Gasteiger partial charge is 0.356 e. The van der Waals surface area contributed by atoms with Crippen LogP contribution in [0, 0.1) is 5.41 Å². The number of aromatic nitrogens is 2. The number of unbranched alkanes of at least 4 members (excludes halogenated alkanes) is 2. The van der Waals surface area contributed by atoms with Crippen LogP contribution < -0.4 is 5.32 Å². The molecular formula is C25H33N3O. The zero-order chi connectivity index (χ0) is 20.9. The number of rotatable bonds is 8. The molecule has 1 atom stereocenters. The molecule has 0 bridgehead atoms. The first-order valence-corrected chi connectivity index (χ1v) is 10.7. The predicted octanol–water partition coefficient (Wildman–Crippen LogP) is 5.52. The van der Waals surface area contributed by atoms with Crippen molar-refractivity contribution in [3.8, 4) is 0 Å². The van der Waals surface area contributed by atoms with Crippen molar-refractivity contribution in [3.05, 3.63) is 66.0 Å². The molecule has 3 rings (SSSR count). The van der Waals surface area contributed by atoms with Crippen molar-refractivity contribution in [2.45, 2.75) is 59.4 Å². The monoisotopic (exact) mass is 391 g/mol. The zero-order valence-electron chi connectivity index (χ0n) is 18.1. The van der Waals surface area contributed by atoms with Crippen molar-refractivity contribution in [2.75, 3.05) is 6.54 Å². The van der Waals surface area contributed by atoms with Crippen LogP contribution in [0.25, 0.3) is 11.0 Å². The van der Waals surface area contributed by atoms with Crippen molar-refractivity contribution in [1.82, 2.24) is 14.9 Å². The van der Waals surface area contributed by atoms with Gasteiger partial charge in [0.05, 0.1) is 17.1 Å². The van der Waals surface area contributed by atoms with Gasteiger partial charge >= 0.3 is 0 Å². The number of para-hydroxylation sites is 2. The second-order valence-corrected chi connectivity index (χ2v) is 8.79. The third-order valence-corrected chi connectivity index (χ3v) is 5.38. The number of hydrogen-bond acceptors (Lipinski definition) is 2. The summed E-state index contributed by atoms with van der Waals surface area (Å²) in [5.41, 5.74) is 3.22. The van der Waals surface area contributed by atoms with Crippen LogP contribution in [-0.2, 0) is 11.2 Å². The van der Waals surface area contributed by atoms with Gasteiger partial charge in [-0.3, -0.25) is 4.79 Å². The van der Waals surface area contributed by atoms with Crippen LogP contribution in [0.15, 0.2) is 54.6 Å². The molecule has 0 spiro atoms. The Balaban J connectivity index is 1.64. The fraction of sp³-hybridized carbons (Fsp3) is 0.440. The summed E-state index contributed by atoms with van der Waals surface area (Å²) in [4.78, 5) is 16.9. The Labute approximate surface area is 174 Å². The summed E-state index contributed by atoms with van der Waals surface area (Å²) in [6, 6.07) is 19.2. The number of aryl methyl sites for hydroxylation is 1. The van der Waals surface area contributed by atoms with Crippen molar-refractivity contribution >= 4 is 16.9 Å². The molecule has 4 nitrogen and oxygen atoms in total. The molecule has 1 N–H and O–H groups in total. The van der Waals surface area contributed by atoms with Crippen molar-refractivity contribution < 1.29 is 4.79 Å². The van der Waals surface area contributed by atoms with Crippen LogP contribution in [0.2, 0.25) is 0 Å². The number of benzene rings is 2. The maximum absolute atomic E-state index is 11.9. The molecule has 3 aromatic rings. The minimum absolute atomic E-state index is 0.121. The number of imidazole rings is 1. The van der Waals surface area contributed by atoms with E-state index in [2.05, 4.69) is 71.4 Å². The summed E-state index contributed by atoms with van der Waals surface area (Å²) in [6.07, 6.45) is 4.08. The molecule has 154 valence electrons. The quantitative estimate of drug-likeness (QED) is 0.514. The molecule has 0 aliphatic rings. The van der Waals surface area contributed by atoms with E-state index in [9.17, 15) is 4.79 Å². The van der Waals surface area contributed by atoms with Crippen LogP contribution in [0.3, 0.4) is 0 Å². The topological polar surface area (TPSA) is 46.9 Å². The molecule has 29 heavy (non-hydrogen) atoms. The summed E-state index contributed by atoms with van der Waals surface area (Å²) in [5, 5.41) is 3.03. The van der Waals surface area contributed by atoms with Gasteiger partial charge in [0.25, 0.3) is 0 Å². The number of carbonyl (C=O) groups excluding carboxylic acids is 1. The lowest BCUT2D eigenvalue weighted by Gasteiger charge is -2.18. The van der Waals surface area contributed by atoms with Gasteiger partial charge in [-0.05, 0) is 37.5 Å². The Bertz CT molecular complexity index is 938. The molecular weight excluding hydrogens is 358 g/mol. The molecule has 0 radical (unpaired) electrons. The SMILES string of the molecule is CC(c1ccccc1)n1c(CCCCCNC(=O)C(C)(C)C)nc2ccccc21. The summed E-state index contributed by atoms with van der Waals surface area (Å²) >= 11 is 0. The van der Waals surface area contributed by atoms with E-state index in [1.54, 1.807) is 0 Å². The molecule has 0 saturated heterocycles. The lowest BCUT2D eigenvalue weighted by molar-refractivity contribution is -0.128. The summed E-state index contributed by atoms with van der Waals surface area (Å²) in [5.74, 6) is 1.26. The fourth-order valence-electron chi connectivity index (χ4n) is 3.64. The van der Waals surface area contributed by atoms with Gasteiger partial charge in [0.15, 0.2) is 0 Å². The van der Waals surface area contributed by atoms with E-state index < -0.39 is 0 Å². The lowest BCUT2D eigenvalue weighted by Crippen LogP contribution is -2.35. The predicted molar refractivity (Wildman–Crippen MR) is 120 cm³/mol. The highest BCUT2D eigenvalue weighted by Crippen LogP contribution is 2.27. The van der Waals surface area contributed by atoms with Gasteiger partial charge in [-0.2, -0.15) is 0 Å². The average Bonchev–Trinajstić information content (AvgIpc) is 3.08. The minimum atomic E-state index is -0.321. The van der Waals surface area contributed by atoms with E-state index in [1.165, 1.54) is 11.1 Å². The maximum Gasteiger partial charge on any atom is 0.225 e. The van der Waals surface area contributed by atoms with E-state index >= 15 is 0 Å². The molecule has 0 fully saturated rings. The first-order valence-electron chi connectivity index (χ1n) is 10.7. The number of hydrogen-bond donors (Lipinski definition) is 1.